The molecule has 11 heterocycles. The molecule has 4 aliphatic heterocycles. The van der Waals surface area contributed by atoms with E-state index in [0.717, 1.165) is 64.5 Å². The first-order valence-corrected chi connectivity index (χ1v) is 51.5. The summed E-state index contributed by atoms with van der Waals surface area (Å²) in [4.78, 5) is 75.5. The fourth-order valence-corrected chi connectivity index (χ4v) is 41.6. The molecule has 4 amide bonds. The van der Waals surface area contributed by atoms with Crippen LogP contribution in [-0.4, -0.2) is 62.7 Å². The molecule has 3 aromatic carbocycles. The van der Waals surface area contributed by atoms with E-state index in [1.54, 1.807) is 52.8 Å². The zero-order valence-electron chi connectivity index (χ0n) is 66.0. The van der Waals surface area contributed by atoms with Crippen LogP contribution < -0.4 is 30.4 Å². The maximum absolute atomic E-state index is 14.2. The summed E-state index contributed by atoms with van der Waals surface area (Å²) in [6.45, 7) is 23.6. The molecule has 0 spiro atoms. The van der Waals surface area contributed by atoms with Crippen molar-refractivity contribution in [3.63, 3.8) is 0 Å². The van der Waals surface area contributed by atoms with Crippen LogP contribution in [0.25, 0.3) is 39.0 Å². The fourth-order valence-electron chi connectivity index (χ4n) is 17.9. The summed E-state index contributed by atoms with van der Waals surface area (Å²) < 4.78 is 1.62. The molecule has 108 heavy (non-hydrogen) atoms. The summed E-state index contributed by atoms with van der Waals surface area (Å²) in [6, 6.07) is 48.4. The summed E-state index contributed by atoms with van der Waals surface area (Å²) in [5.41, 5.74) is 6.66. The molecule has 0 radical (unpaired) electrons. The second-order valence-electron chi connectivity index (χ2n) is 31.5. The van der Waals surface area contributed by atoms with Gasteiger partial charge in [0.05, 0.1) is 32.0 Å². The van der Waals surface area contributed by atoms with Crippen molar-refractivity contribution in [1.82, 2.24) is 9.80 Å². The average molecular weight is 1600 g/mol. The van der Waals surface area contributed by atoms with E-state index in [1.807, 2.05) is 71.3 Å². The van der Waals surface area contributed by atoms with E-state index >= 15 is 0 Å². The second-order valence-corrected chi connectivity index (χ2v) is 47.8. The number of amides is 4. The Morgan fingerprint density at radius 3 is 1.20 bits per heavy atom. The van der Waals surface area contributed by atoms with E-state index in [1.165, 1.54) is 211 Å². The third-order valence-electron chi connectivity index (χ3n) is 23.9. The van der Waals surface area contributed by atoms with Gasteiger partial charge in [-0.1, -0.05) is 242 Å². The summed E-state index contributed by atoms with van der Waals surface area (Å²) in [6.07, 6.45) is 32.3. The zero-order valence-corrected chi connectivity index (χ0v) is 73.7. The Hall–Kier alpha value is -5.73. The number of thiophene rings is 7. The maximum atomic E-state index is 14.2. The predicted molar refractivity (Wildman–Crippen MR) is 476 cm³/mol. The number of fused-ring (bicyclic) bond motifs is 8. The summed E-state index contributed by atoms with van der Waals surface area (Å²) >= 11 is 13.1. The van der Waals surface area contributed by atoms with Crippen molar-refractivity contribution in [3.8, 4) is 39.0 Å². The second kappa shape index (κ2) is 36.8. The number of aryl methyl sites for hydroxylation is 8. The van der Waals surface area contributed by atoms with Crippen LogP contribution in [0.4, 0.5) is 0 Å². The third-order valence-corrected chi connectivity index (χ3v) is 44.2. The Morgan fingerprint density at radius 2 is 0.731 bits per heavy atom. The van der Waals surface area contributed by atoms with E-state index in [9.17, 15) is 19.2 Å². The summed E-state index contributed by atoms with van der Waals surface area (Å²) in [5.74, 6) is 0.949. The van der Waals surface area contributed by atoms with Gasteiger partial charge in [-0.3, -0.25) is 29.0 Å². The molecular formula is C93H114N2O4S7Si2. The number of carbonyl (C=O) groups is 4. The highest BCUT2D eigenvalue weighted by atomic mass is 32.1. The van der Waals surface area contributed by atoms with Crippen molar-refractivity contribution in [2.75, 3.05) is 13.1 Å². The van der Waals surface area contributed by atoms with Crippen molar-refractivity contribution in [2.24, 2.45) is 11.8 Å². The monoisotopic (exact) mass is 1600 g/mol. The van der Waals surface area contributed by atoms with Crippen LogP contribution in [-0.2, 0) is 25.7 Å². The van der Waals surface area contributed by atoms with Crippen LogP contribution in [0.3, 0.4) is 0 Å². The van der Waals surface area contributed by atoms with Crippen LogP contribution in [0.2, 0.25) is 12.1 Å². The van der Waals surface area contributed by atoms with Gasteiger partial charge in [0, 0.05) is 71.2 Å². The van der Waals surface area contributed by atoms with E-state index in [0.29, 0.717) is 47.2 Å². The molecule has 6 nitrogen and oxygen atoms in total. The lowest BCUT2D eigenvalue weighted by atomic mass is 10.0. The van der Waals surface area contributed by atoms with Crippen LogP contribution >= 0.6 is 79.4 Å². The molecule has 7 aromatic heterocycles. The lowest BCUT2D eigenvalue weighted by Crippen LogP contribution is -2.65. The fraction of sp³-hybridized carbons (Fsp3) is 0.462. The van der Waals surface area contributed by atoms with Gasteiger partial charge in [-0.15, -0.1) is 79.4 Å². The molecule has 0 N–H and O–H groups in total. The lowest BCUT2D eigenvalue weighted by molar-refractivity contribution is 0.0636. The van der Waals surface area contributed by atoms with E-state index in [-0.39, 0.29) is 23.6 Å². The number of hydrogen-bond acceptors (Lipinski definition) is 11. The molecule has 14 rings (SSSR count). The average Bonchev–Trinajstić information content (AvgIpc) is 1.53. The summed E-state index contributed by atoms with van der Waals surface area (Å²) in [5, 5.41) is 7.90. The molecule has 0 fully saturated rings. The molecule has 10 aromatic rings. The van der Waals surface area contributed by atoms with Crippen molar-refractivity contribution in [3.05, 3.63) is 185 Å². The van der Waals surface area contributed by atoms with Crippen molar-refractivity contribution < 1.29 is 19.2 Å². The predicted octanol–water partition coefficient (Wildman–Crippen LogP) is 24.4. The SMILES string of the molecule is CCCCCCCCc1ccc([Si]2(CC(CC)CCCC)c3cc(C)sc3-c3sc(-c4sc(C)c5c4C(=O)N(CCCCc4ccccc4)C5=O)cc32)cc1.CCCCCCCc1ccc([Si]2(CC(CC)CCCC)c3cc(C)sc3-c3sc(-c4sc(C)c5c4C(=O)N(CCCCc4ccccc4)C5=O)cc32)s1. The quantitative estimate of drug-likeness (QED) is 0.0219. The number of rotatable bonds is 39. The Kier molecular flexibility index (Phi) is 27.4. The van der Waals surface area contributed by atoms with Crippen LogP contribution in [0.15, 0.2) is 121 Å². The Bertz CT molecular complexity index is 4730. The van der Waals surface area contributed by atoms with Gasteiger partial charge in [0.1, 0.15) is 0 Å². The van der Waals surface area contributed by atoms with Crippen LogP contribution in [0, 0.1) is 39.5 Å². The summed E-state index contributed by atoms with van der Waals surface area (Å²) in [7, 11) is -4.75. The van der Waals surface area contributed by atoms with Crippen LogP contribution in [0.5, 0.6) is 0 Å². The van der Waals surface area contributed by atoms with Gasteiger partial charge < -0.3 is 0 Å². The highest BCUT2D eigenvalue weighted by molar-refractivity contribution is 7.39. The van der Waals surface area contributed by atoms with Gasteiger partial charge in [0.15, 0.2) is 16.1 Å². The molecule has 0 saturated heterocycles. The van der Waals surface area contributed by atoms with Gasteiger partial charge in [-0.05, 0) is 189 Å². The van der Waals surface area contributed by atoms with Gasteiger partial charge in [0.25, 0.3) is 23.6 Å². The Morgan fingerprint density at radius 1 is 0.343 bits per heavy atom. The van der Waals surface area contributed by atoms with Gasteiger partial charge in [0.2, 0.25) is 0 Å². The molecule has 4 atom stereocenters. The van der Waals surface area contributed by atoms with Crippen LogP contribution in [0.1, 0.15) is 272 Å². The van der Waals surface area contributed by atoms with E-state index in [4.69, 9.17) is 0 Å². The van der Waals surface area contributed by atoms with Crippen molar-refractivity contribution >= 4 is 150 Å². The highest BCUT2D eigenvalue weighted by Crippen LogP contribution is 2.52. The number of unbranched alkanes of at least 4 members (excludes halogenated alkanes) is 13. The molecular weight excluding hydrogens is 1490 g/mol. The standard InChI is InChI=1S/C48H59NO2S3Si.C45H55NO2S4Si/c1-6-9-11-12-13-15-23-37-25-27-38(28-26-37)55(32-35(8-3)20-10-7-2)40-30-33(4)52-45(40)46-41(55)31-39(54-46)44-43-42(34(5)53-44)47(50)49(48(43)51)29-19-18-24-36-21-16-14-17-22-36;1-6-9-11-12-16-23-34-24-25-38(51-34)53(29-32(8-3)19-10-7-2)36-27-30(4)49-42(36)43-37(53)28-35(52-43)41-40-39(31(5)50-41)44(47)46(45(40)48)26-18-17-22-33-20-14-13-15-21-33/h14,16-17,21-22,25-28,30-31,35H,6-13,15,18-20,23-24,29,32H2,1-5H3;13-15,20-21,24-25,27-28,32H,6-12,16-19,22-23,26,29H2,1-5H3. The minimum Gasteiger partial charge on any atom is -0.274 e. The number of imide groups is 2. The minimum atomic E-state index is -2.40. The molecule has 15 heteroatoms. The van der Waals surface area contributed by atoms with E-state index in [2.05, 4.69) is 176 Å². The molecule has 570 valence electrons. The Balaban J connectivity index is 0.000000191. The van der Waals surface area contributed by atoms with E-state index < -0.39 is 16.1 Å². The topological polar surface area (TPSA) is 74.8 Å². The molecule has 4 unspecified atom stereocenters. The number of benzene rings is 3. The van der Waals surface area contributed by atoms with Gasteiger partial charge in [-0.25, -0.2) is 0 Å². The molecule has 0 saturated carbocycles. The van der Waals surface area contributed by atoms with Crippen molar-refractivity contribution in [2.45, 2.75) is 255 Å². The maximum Gasteiger partial charge on any atom is 0.263 e. The van der Waals surface area contributed by atoms with Gasteiger partial charge in [-0.2, -0.15) is 0 Å². The molecule has 4 aliphatic rings. The lowest BCUT2D eigenvalue weighted by Gasteiger charge is -2.33. The number of nitrogens with zero attached hydrogens (tertiary/aromatic N) is 2. The Labute approximate surface area is 675 Å². The third kappa shape index (κ3) is 16.6. The van der Waals surface area contributed by atoms with Crippen molar-refractivity contribution in [1.29, 1.82) is 0 Å². The number of hydrogen-bond donors (Lipinski definition) is 0. The highest BCUT2D eigenvalue weighted by Gasteiger charge is 2.54. The smallest absolute Gasteiger partial charge is 0.263 e. The zero-order chi connectivity index (χ0) is 75.6. The number of carbonyl (C=O) groups excluding carboxylic acids is 4. The first kappa shape index (κ1) is 80.3. The molecule has 0 aliphatic carbocycles. The normalized spacial score (nSPS) is 16.7. The first-order chi connectivity index (χ1) is 52.6. The minimum absolute atomic E-state index is 0.0961. The largest absolute Gasteiger partial charge is 0.274 e. The molecule has 0 bridgehead atoms. The van der Waals surface area contributed by atoms with Gasteiger partial charge >= 0.3 is 0 Å². The first-order valence-electron chi connectivity index (χ1n) is 41.4.